The number of aromatic nitrogens is 8. The molecule has 20 nitrogen and oxygen atoms in total. The Bertz CT molecular complexity index is 5030. The summed E-state index contributed by atoms with van der Waals surface area (Å²) in [6.45, 7) is 20.5. The zero-order valence-corrected chi connectivity index (χ0v) is 65.3. The molecule has 0 spiro atoms. The Morgan fingerprint density at radius 2 is 0.704 bits per heavy atom. The van der Waals surface area contributed by atoms with Crippen molar-refractivity contribution in [3.63, 3.8) is 0 Å². The summed E-state index contributed by atoms with van der Waals surface area (Å²) in [6, 6.07) is 57.8. The van der Waals surface area contributed by atoms with Crippen LogP contribution in [0, 0.1) is 0 Å². The number of rotatable bonds is 36. The third-order valence-electron chi connectivity index (χ3n) is 17.9. The SMILES string of the molecule is CCOCCN(CCOCC)C(=O)c1ccc(Sc2cccc3c2-c2nc-3nc3[n-]c(nc4nc(nc5[n-]c(n2)c2cccc(Sc6ccc(C(=O)N(CCOCC)CCOCC)cc6)c52)-c2c(Sc5ccc(C(O)N(CCOCC)CCOCC)cc5)cccc2-4)c2cccc(Sc4ccccc4)c32)cc1.[Cu+2]. The summed E-state index contributed by atoms with van der Waals surface area (Å²) in [5.74, 6) is 1.33. The number of nitrogens with zero attached hydrogens (tertiary/aromatic N) is 11. The second-order valence-corrected chi connectivity index (χ2v) is 29.2. The van der Waals surface area contributed by atoms with Crippen LogP contribution in [0.2, 0.25) is 0 Å². The number of hydrogen-bond acceptors (Lipinski definition) is 20. The van der Waals surface area contributed by atoms with Crippen LogP contribution in [-0.4, -0.2) is 180 Å². The summed E-state index contributed by atoms with van der Waals surface area (Å²) >= 11 is 6.23. The zero-order valence-electron chi connectivity index (χ0n) is 61.1. The second-order valence-electron chi connectivity index (χ2n) is 24.7. The molecule has 3 aromatic heterocycles. The molecule has 1 atom stereocenters. The molecule has 1 radical (unpaired) electrons. The average molecular weight is 1570 g/mol. The van der Waals surface area contributed by atoms with Crippen molar-refractivity contribution >= 4 is 103 Å². The molecule has 1 N–H and O–H groups in total. The van der Waals surface area contributed by atoms with Gasteiger partial charge in [0.15, 0.2) is 0 Å². The van der Waals surface area contributed by atoms with Crippen LogP contribution in [0.1, 0.15) is 74.0 Å². The Balaban J connectivity index is 0.0000109. The zero-order chi connectivity index (χ0) is 74.0. The van der Waals surface area contributed by atoms with E-state index in [0.29, 0.717) is 181 Å². The molecule has 2 amide bonds. The van der Waals surface area contributed by atoms with E-state index < -0.39 is 6.23 Å². The minimum absolute atomic E-state index is 0. The first-order chi connectivity index (χ1) is 52.5. The van der Waals surface area contributed by atoms with Gasteiger partial charge in [0.1, 0.15) is 6.23 Å². The fraction of sp³-hybridized carbons (Fsp3) is 0.301. The second kappa shape index (κ2) is 38.8. The van der Waals surface area contributed by atoms with Gasteiger partial charge in [-0.15, -0.1) is 0 Å². The molecule has 2 aliphatic heterocycles. The van der Waals surface area contributed by atoms with Crippen LogP contribution in [0.5, 0.6) is 0 Å². The Labute approximate surface area is 656 Å². The summed E-state index contributed by atoms with van der Waals surface area (Å²) in [4.78, 5) is 84.7. The van der Waals surface area contributed by atoms with Crippen LogP contribution in [0.25, 0.3) is 89.7 Å². The van der Waals surface area contributed by atoms with Gasteiger partial charge in [0.05, 0.1) is 62.9 Å². The molecule has 8 aromatic carbocycles. The van der Waals surface area contributed by atoms with Crippen LogP contribution in [0.3, 0.4) is 0 Å². The van der Waals surface area contributed by atoms with Crippen LogP contribution in [0.15, 0.2) is 215 Å². The molecule has 0 aliphatic carbocycles. The number of aliphatic hydroxyl groups is 1. The topological polar surface area (TPSA) is 225 Å². The molecule has 8 bridgehead atoms. The molecule has 11 aromatic rings. The van der Waals surface area contributed by atoms with Crippen molar-refractivity contribution in [1.29, 1.82) is 0 Å². The molecule has 5 heterocycles. The summed E-state index contributed by atoms with van der Waals surface area (Å²) in [7, 11) is 0. The summed E-state index contributed by atoms with van der Waals surface area (Å²) in [6.07, 6.45) is -0.887. The van der Waals surface area contributed by atoms with Gasteiger partial charge in [0.2, 0.25) is 0 Å². The molecule has 561 valence electrons. The largest absolute Gasteiger partial charge is 2.00 e. The van der Waals surface area contributed by atoms with Crippen LogP contribution in [0.4, 0.5) is 0 Å². The minimum Gasteiger partial charge on any atom is -0.380 e. The van der Waals surface area contributed by atoms with E-state index in [-0.39, 0.29) is 28.9 Å². The smallest absolute Gasteiger partial charge is 0.380 e. The number of benzene rings is 8. The summed E-state index contributed by atoms with van der Waals surface area (Å²) < 4.78 is 34.1. The molecule has 0 fully saturated rings. The van der Waals surface area contributed by atoms with Crippen LogP contribution in [-0.2, 0) is 45.5 Å². The van der Waals surface area contributed by atoms with Crippen molar-refractivity contribution in [3.05, 3.63) is 193 Å². The number of fused-ring (bicyclic) bond motifs is 20. The fourth-order valence-corrected chi connectivity index (χ4v) is 16.5. The Hall–Kier alpha value is -8.34. The van der Waals surface area contributed by atoms with Crippen molar-refractivity contribution in [2.75, 3.05) is 119 Å². The molecular formula is C83H85CuN11O9S4. The van der Waals surface area contributed by atoms with E-state index in [2.05, 4.69) is 30.3 Å². The number of aliphatic hydroxyl groups excluding tert-OH is 1. The number of hydrogen-bond donors (Lipinski definition) is 1. The van der Waals surface area contributed by atoms with Gasteiger partial charge < -0.3 is 73.2 Å². The monoisotopic (exact) mass is 1570 g/mol. The molecule has 1 unspecified atom stereocenters. The first kappa shape index (κ1) is 79.2. The first-order valence-corrected chi connectivity index (χ1v) is 39.6. The predicted octanol–water partition coefficient (Wildman–Crippen LogP) is 16.1. The van der Waals surface area contributed by atoms with E-state index in [1.165, 1.54) is 23.5 Å². The van der Waals surface area contributed by atoms with Gasteiger partial charge in [-0.25, -0.2) is 9.97 Å². The average Bonchev–Trinajstić information content (AvgIpc) is 1.59. The van der Waals surface area contributed by atoms with Crippen LogP contribution < -0.4 is 9.97 Å². The maximum atomic E-state index is 14.2. The van der Waals surface area contributed by atoms with Crippen molar-refractivity contribution in [2.24, 2.45) is 0 Å². The maximum Gasteiger partial charge on any atom is 2.00 e. The predicted molar refractivity (Wildman–Crippen MR) is 424 cm³/mol. The summed E-state index contributed by atoms with van der Waals surface area (Å²) in [5.41, 5.74) is 6.36. The number of amides is 2. The van der Waals surface area contributed by atoms with Gasteiger partial charge in [-0.3, -0.25) is 14.5 Å². The number of ether oxygens (including phenoxy) is 6. The van der Waals surface area contributed by atoms with E-state index in [9.17, 15) is 14.7 Å². The third-order valence-corrected chi connectivity index (χ3v) is 22.2. The quantitative estimate of drug-likeness (QED) is 0.0219. The van der Waals surface area contributed by atoms with E-state index in [1.54, 1.807) is 33.3 Å². The van der Waals surface area contributed by atoms with Crippen molar-refractivity contribution in [2.45, 2.75) is 86.9 Å². The van der Waals surface area contributed by atoms with Gasteiger partial charge >= 0.3 is 17.1 Å². The van der Waals surface area contributed by atoms with Gasteiger partial charge in [0.25, 0.3) is 11.8 Å². The standard InChI is InChI=1S/C83H85N11O9S4.Cu/c1-7-98-48-42-92(43-49-99-8-2)81(95)54-30-36-58(37-31-54)105-66-27-18-24-63-70(66)78-88-75(63)87-77-69-61(22-16-26-65(69)104-57-20-14-13-15-21-57)73(85-77)84-74-62-23-17-28-67(106-59-38-32-55(33-39-59)82(96)93(44-50-100-9-3)45-51-101-10-4)71(62)79(86-74)91-80-72-64(76(89-78)90-80)25-19-29-68(72)107-60-40-34-56(35-41-60)83(97)94(46-52-102-11-5)47-53-103-12-6;/h13-41,82,96H,7-12,42-53H2,1-6H3;/q-2;+2. The molecule has 0 saturated carbocycles. The Morgan fingerprint density at radius 1 is 0.370 bits per heavy atom. The summed E-state index contributed by atoms with van der Waals surface area (Å²) in [5, 5.41) is 14.8. The molecule has 25 heteroatoms. The number of carbonyl (C=O) groups excluding carboxylic acids is 2. The molecule has 13 rings (SSSR count). The van der Waals surface area contributed by atoms with Crippen molar-refractivity contribution < 1.29 is 60.2 Å². The van der Waals surface area contributed by atoms with Gasteiger partial charge in [-0.05, 0) is 155 Å². The Kier molecular flexibility index (Phi) is 28.5. The molecule has 2 aliphatic rings. The van der Waals surface area contributed by atoms with E-state index in [0.717, 1.165) is 83.1 Å². The number of carbonyl (C=O) groups is 2. The van der Waals surface area contributed by atoms with Gasteiger partial charge in [-0.1, -0.05) is 126 Å². The normalized spacial score (nSPS) is 12.0. The molecular weight excluding hydrogens is 1490 g/mol. The third kappa shape index (κ3) is 18.9. The van der Waals surface area contributed by atoms with E-state index in [4.69, 9.17) is 68.3 Å². The minimum atomic E-state index is -0.887. The maximum absolute atomic E-state index is 14.2. The van der Waals surface area contributed by atoms with E-state index >= 15 is 0 Å². The van der Waals surface area contributed by atoms with Gasteiger partial charge in [-0.2, -0.15) is 0 Å². The van der Waals surface area contributed by atoms with E-state index in [1.807, 2.05) is 192 Å². The Morgan fingerprint density at radius 3 is 1.11 bits per heavy atom. The first-order valence-electron chi connectivity index (χ1n) is 36.3. The molecule has 108 heavy (non-hydrogen) atoms. The fourth-order valence-electron chi connectivity index (χ4n) is 12.6. The molecule has 0 saturated heterocycles. The van der Waals surface area contributed by atoms with Crippen molar-refractivity contribution in [1.82, 2.24) is 54.6 Å². The van der Waals surface area contributed by atoms with Gasteiger partial charge in [0, 0.05) is 185 Å². The van der Waals surface area contributed by atoms with Crippen molar-refractivity contribution in [3.8, 4) is 45.6 Å². The van der Waals surface area contributed by atoms with Crippen LogP contribution >= 0.6 is 47.0 Å².